The van der Waals surface area contributed by atoms with E-state index in [0.29, 0.717) is 17.8 Å². The van der Waals surface area contributed by atoms with Crippen molar-refractivity contribution in [3.63, 3.8) is 0 Å². The second-order valence-electron chi connectivity index (χ2n) is 5.90. The molecule has 0 saturated heterocycles. The first-order valence-corrected chi connectivity index (χ1v) is 8.63. The molecular formula is C22H19FN2O2. The molecule has 0 spiro atoms. The Bertz CT molecular complexity index is 940. The molecule has 1 N–H and O–H groups in total. The van der Waals surface area contributed by atoms with E-state index in [1.165, 1.54) is 18.2 Å². The maximum atomic E-state index is 13.7. The highest BCUT2D eigenvalue weighted by Crippen LogP contribution is 2.18. The van der Waals surface area contributed by atoms with E-state index in [1.807, 2.05) is 37.3 Å². The van der Waals surface area contributed by atoms with Crippen LogP contribution >= 0.6 is 0 Å². The Balaban J connectivity index is 1.74. The SMILES string of the molecule is CCN(C(=O)c1ccc(NC(=O)c2ccccc2F)cc1)c1ccccc1. The number of carbonyl (C=O) groups is 2. The van der Waals surface area contributed by atoms with Gasteiger partial charge in [-0.1, -0.05) is 30.3 Å². The molecule has 136 valence electrons. The third-order valence-electron chi connectivity index (χ3n) is 4.14. The van der Waals surface area contributed by atoms with E-state index in [0.717, 1.165) is 5.69 Å². The molecule has 0 radical (unpaired) electrons. The van der Waals surface area contributed by atoms with Crippen molar-refractivity contribution < 1.29 is 14.0 Å². The van der Waals surface area contributed by atoms with Crippen LogP contribution in [-0.4, -0.2) is 18.4 Å². The zero-order valence-corrected chi connectivity index (χ0v) is 14.9. The van der Waals surface area contributed by atoms with E-state index < -0.39 is 11.7 Å². The maximum absolute atomic E-state index is 13.7. The van der Waals surface area contributed by atoms with Gasteiger partial charge in [0.15, 0.2) is 0 Å². The van der Waals surface area contributed by atoms with Crippen LogP contribution in [0.2, 0.25) is 0 Å². The molecule has 4 nitrogen and oxygen atoms in total. The van der Waals surface area contributed by atoms with Crippen LogP contribution in [0.1, 0.15) is 27.6 Å². The van der Waals surface area contributed by atoms with E-state index >= 15 is 0 Å². The van der Waals surface area contributed by atoms with Gasteiger partial charge >= 0.3 is 0 Å². The van der Waals surface area contributed by atoms with Crippen LogP contribution < -0.4 is 10.2 Å². The van der Waals surface area contributed by atoms with Crippen molar-refractivity contribution in [3.05, 3.63) is 95.8 Å². The first-order valence-electron chi connectivity index (χ1n) is 8.63. The Hall–Kier alpha value is -3.47. The number of hydrogen-bond acceptors (Lipinski definition) is 2. The van der Waals surface area contributed by atoms with Crippen molar-refractivity contribution in [2.45, 2.75) is 6.92 Å². The molecule has 27 heavy (non-hydrogen) atoms. The molecule has 0 heterocycles. The van der Waals surface area contributed by atoms with Crippen LogP contribution in [0.15, 0.2) is 78.9 Å². The van der Waals surface area contributed by atoms with Crippen LogP contribution in [0.4, 0.5) is 15.8 Å². The highest BCUT2D eigenvalue weighted by molar-refractivity contribution is 6.07. The highest BCUT2D eigenvalue weighted by Gasteiger charge is 2.16. The van der Waals surface area contributed by atoms with Gasteiger partial charge in [0, 0.05) is 23.5 Å². The largest absolute Gasteiger partial charge is 0.322 e. The first kappa shape index (κ1) is 18.3. The number of para-hydroxylation sites is 1. The number of amides is 2. The lowest BCUT2D eigenvalue weighted by atomic mass is 10.1. The molecule has 0 saturated carbocycles. The molecule has 3 aromatic carbocycles. The topological polar surface area (TPSA) is 49.4 Å². The molecule has 2 amide bonds. The summed E-state index contributed by atoms with van der Waals surface area (Å²) in [4.78, 5) is 26.6. The van der Waals surface area contributed by atoms with Gasteiger partial charge in [-0.15, -0.1) is 0 Å². The number of benzene rings is 3. The number of nitrogens with one attached hydrogen (secondary N) is 1. The second-order valence-corrected chi connectivity index (χ2v) is 5.90. The summed E-state index contributed by atoms with van der Waals surface area (Å²) in [5.74, 6) is -1.24. The minimum atomic E-state index is -0.580. The van der Waals surface area contributed by atoms with Crippen molar-refractivity contribution in [2.24, 2.45) is 0 Å². The van der Waals surface area contributed by atoms with Gasteiger partial charge in [0.25, 0.3) is 11.8 Å². The van der Waals surface area contributed by atoms with E-state index in [-0.39, 0.29) is 11.5 Å². The summed E-state index contributed by atoms with van der Waals surface area (Å²) >= 11 is 0. The monoisotopic (exact) mass is 362 g/mol. The Kier molecular flexibility index (Phi) is 5.61. The van der Waals surface area contributed by atoms with Crippen molar-refractivity contribution in [1.29, 1.82) is 0 Å². The fourth-order valence-corrected chi connectivity index (χ4v) is 2.75. The van der Waals surface area contributed by atoms with Gasteiger partial charge in [0.05, 0.1) is 5.56 Å². The zero-order valence-electron chi connectivity index (χ0n) is 14.9. The number of hydrogen-bond donors (Lipinski definition) is 1. The minimum absolute atomic E-state index is 0.0288. The van der Waals surface area contributed by atoms with Gasteiger partial charge in [-0.05, 0) is 55.5 Å². The molecule has 0 aromatic heterocycles. The second kappa shape index (κ2) is 8.27. The molecule has 0 aliphatic rings. The Labute approximate surface area is 157 Å². The van der Waals surface area contributed by atoms with Gasteiger partial charge in [-0.25, -0.2) is 4.39 Å². The van der Waals surface area contributed by atoms with E-state index in [9.17, 15) is 14.0 Å². The van der Waals surface area contributed by atoms with Crippen molar-refractivity contribution in [2.75, 3.05) is 16.8 Å². The molecular weight excluding hydrogens is 343 g/mol. The fraction of sp³-hybridized carbons (Fsp3) is 0.0909. The van der Waals surface area contributed by atoms with Crippen LogP contribution in [-0.2, 0) is 0 Å². The minimum Gasteiger partial charge on any atom is -0.322 e. The smallest absolute Gasteiger partial charge is 0.258 e. The van der Waals surface area contributed by atoms with E-state index in [1.54, 1.807) is 35.2 Å². The zero-order chi connectivity index (χ0) is 19.2. The van der Waals surface area contributed by atoms with Gasteiger partial charge in [-0.2, -0.15) is 0 Å². The lowest BCUT2D eigenvalue weighted by Gasteiger charge is -2.21. The number of halogens is 1. The Morgan fingerprint density at radius 3 is 2.15 bits per heavy atom. The Morgan fingerprint density at radius 2 is 1.52 bits per heavy atom. The average molecular weight is 362 g/mol. The van der Waals surface area contributed by atoms with Crippen molar-refractivity contribution in [3.8, 4) is 0 Å². The molecule has 0 aliphatic heterocycles. The quantitative estimate of drug-likeness (QED) is 0.712. The van der Waals surface area contributed by atoms with E-state index in [2.05, 4.69) is 5.32 Å². The normalized spacial score (nSPS) is 10.3. The highest BCUT2D eigenvalue weighted by atomic mass is 19.1. The van der Waals surface area contributed by atoms with E-state index in [4.69, 9.17) is 0 Å². The first-order chi connectivity index (χ1) is 13.1. The molecule has 0 aliphatic carbocycles. The molecule has 3 aromatic rings. The van der Waals surface area contributed by atoms with Gasteiger partial charge < -0.3 is 10.2 Å². The summed E-state index contributed by atoms with van der Waals surface area (Å²) < 4.78 is 13.7. The standard InChI is InChI=1S/C22H19FN2O2/c1-2-25(18-8-4-3-5-9-18)22(27)16-12-14-17(15-13-16)24-21(26)19-10-6-7-11-20(19)23/h3-15H,2H2,1H3,(H,24,26). The van der Waals surface area contributed by atoms with Crippen LogP contribution in [0, 0.1) is 5.82 Å². The third-order valence-corrected chi connectivity index (χ3v) is 4.14. The van der Waals surface area contributed by atoms with Crippen LogP contribution in [0.5, 0.6) is 0 Å². The molecule has 0 bridgehead atoms. The van der Waals surface area contributed by atoms with Crippen molar-refractivity contribution in [1.82, 2.24) is 0 Å². The van der Waals surface area contributed by atoms with Crippen LogP contribution in [0.25, 0.3) is 0 Å². The summed E-state index contributed by atoms with van der Waals surface area (Å²) in [5, 5.41) is 2.64. The number of rotatable bonds is 5. The number of nitrogens with zero attached hydrogens (tertiary/aromatic N) is 1. The molecule has 0 fully saturated rings. The lowest BCUT2D eigenvalue weighted by Crippen LogP contribution is -2.30. The summed E-state index contributed by atoms with van der Waals surface area (Å²) in [5.41, 5.74) is 1.79. The summed E-state index contributed by atoms with van der Waals surface area (Å²) in [6, 6.07) is 21.7. The molecule has 0 atom stereocenters. The predicted molar refractivity (Wildman–Crippen MR) is 105 cm³/mol. The molecule has 5 heteroatoms. The molecule has 3 rings (SSSR count). The summed E-state index contributed by atoms with van der Waals surface area (Å²) in [7, 11) is 0. The lowest BCUT2D eigenvalue weighted by molar-refractivity contribution is 0.0987. The Morgan fingerprint density at radius 1 is 0.889 bits per heavy atom. The van der Waals surface area contributed by atoms with Crippen LogP contribution in [0.3, 0.4) is 0 Å². The van der Waals surface area contributed by atoms with Gasteiger partial charge in [-0.3, -0.25) is 9.59 Å². The number of carbonyl (C=O) groups excluding carboxylic acids is 2. The fourth-order valence-electron chi connectivity index (χ4n) is 2.75. The molecule has 0 unspecified atom stereocenters. The third kappa shape index (κ3) is 4.20. The van der Waals surface area contributed by atoms with Gasteiger partial charge in [0.2, 0.25) is 0 Å². The predicted octanol–water partition coefficient (Wildman–Crippen LogP) is 4.74. The number of anilines is 2. The summed E-state index contributed by atoms with van der Waals surface area (Å²) in [6.07, 6.45) is 0. The summed E-state index contributed by atoms with van der Waals surface area (Å²) in [6.45, 7) is 2.45. The maximum Gasteiger partial charge on any atom is 0.258 e. The van der Waals surface area contributed by atoms with Gasteiger partial charge in [0.1, 0.15) is 5.82 Å². The average Bonchev–Trinajstić information content (AvgIpc) is 2.70. The van der Waals surface area contributed by atoms with Crippen molar-refractivity contribution >= 4 is 23.2 Å².